The van der Waals surface area contributed by atoms with Crippen molar-refractivity contribution < 1.29 is 9.90 Å². The molecule has 0 saturated heterocycles. The molecule has 0 aromatic heterocycles. The van der Waals surface area contributed by atoms with Crippen LogP contribution in [0.15, 0.2) is 24.3 Å². The normalized spacial score (nSPS) is 27.8. The molecule has 0 aromatic rings. The number of carbonyl (C=O) groups is 1. The summed E-state index contributed by atoms with van der Waals surface area (Å²) in [6.45, 7) is 7.65. The van der Waals surface area contributed by atoms with Gasteiger partial charge in [0.15, 0.2) is 5.78 Å². The van der Waals surface area contributed by atoms with Crippen molar-refractivity contribution in [1.29, 1.82) is 0 Å². The van der Waals surface area contributed by atoms with Gasteiger partial charge in [0.2, 0.25) is 0 Å². The van der Waals surface area contributed by atoms with E-state index in [-0.39, 0.29) is 23.7 Å². The van der Waals surface area contributed by atoms with Gasteiger partial charge in [-0.3, -0.25) is 4.79 Å². The molecule has 0 amide bonds. The van der Waals surface area contributed by atoms with Crippen molar-refractivity contribution in [3.63, 3.8) is 0 Å². The van der Waals surface area contributed by atoms with Crippen LogP contribution in [0.25, 0.3) is 0 Å². The van der Waals surface area contributed by atoms with Crippen LogP contribution in [0.4, 0.5) is 0 Å². The number of carbonyl (C=O) groups excluding carboxylic acids is 1. The van der Waals surface area contributed by atoms with Gasteiger partial charge in [-0.25, -0.2) is 0 Å². The molecular weight excluding hydrogens is 152 g/mol. The molecule has 1 atom stereocenters. The van der Waals surface area contributed by atoms with Gasteiger partial charge in [0.25, 0.3) is 0 Å². The first kappa shape index (κ1) is 9.20. The molecule has 0 aromatic carbocycles. The van der Waals surface area contributed by atoms with Crippen LogP contribution in [0, 0.1) is 11.3 Å². The monoisotopic (exact) mass is 166 g/mol. The van der Waals surface area contributed by atoms with Gasteiger partial charge < -0.3 is 5.11 Å². The first-order valence-electron chi connectivity index (χ1n) is 4.02. The average molecular weight is 166 g/mol. The summed E-state index contributed by atoms with van der Waals surface area (Å²) in [6.07, 6.45) is 3.37. The Morgan fingerprint density at radius 1 is 1.67 bits per heavy atom. The van der Waals surface area contributed by atoms with Crippen LogP contribution in [-0.2, 0) is 4.79 Å². The third-order valence-corrected chi connectivity index (χ3v) is 2.48. The van der Waals surface area contributed by atoms with Crippen molar-refractivity contribution in [2.75, 3.05) is 6.61 Å². The van der Waals surface area contributed by atoms with Gasteiger partial charge in [-0.1, -0.05) is 26.5 Å². The Hall–Kier alpha value is -0.890. The number of ketones is 1. The average Bonchev–Trinajstić information content (AvgIpc) is 1.99. The number of aliphatic hydroxyl groups excluding tert-OH is 1. The Balaban J connectivity index is 3.03. The van der Waals surface area contributed by atoms with Crippen LogP contribution in [0.2, 0.25) is 0 Å². The summed E-state index contributed by atoms with van der Waals surface area (Å²) in [5.41, 5.74) is 0.365. The second kappa shape index (κ2) is 2.87. The summed E-state index contributed by atoms with van der Waals surface area (Å²) in [5, 5.41) is 9.07. The van der Waals surface area contributed by atoms with E-state index in [1.165, 1.54) is 6.08 Å². The van der Waals surface area contributed by atoms with Gasteiger partial charge in [0.1, 0.15) is 0 Å². The molecule has 0 fully saturated rings. The summed E-state index contributed by atoms with van der Waals surface area (Å²) in [5.74, 6) is -0.191. The molecule has 0 spiro atoms. The minimum Gasteiger partial charge on any atom is -0.396 e. The van der Waals surface area contributed by atoms with Gasteiger partial charge in [-0.05, 0) is 17.1 Å². The first-order valence-corrected chi connectivity index (χ1v) is 4.02. The molecule has 1 rings (SSSR count). The smallest absolute Gasteiger partial charge is 0.181 e. The molecule has 12 heavy (non-hydrogen) atoms. The third kappa shape index (κ3) is 1.34. The maximum atomic E-state index is 11.2. The molecule has 1 aliphatic rings. The second-order valence-corrected chi connectivity index (χ2v) is 3.78. The molecule has 1 aliphatic carbocycles. The van der Waals surface area contributed by atoms with Crippen LogP contribution < -0.4 is 0 Å². The third-order valence-electron chi connectivity index (χ3n) is 2.48. The summed E-state index contributed by atoms with van der Waals surface area (Å²) in [6, 6.07) is 0. The molecule has 0 bridgehead atoms. The van der Waals surface area contributed by atoms with Crippen LogP contribution in [0.5, 0.6) is 0 Å². The summed E-state index contributed by atoms with van der Waals surface area (Å²) < 4.78 is 0. The minimum absolute atomic E-state index is 0.0120. The SMILES string of the molecule is C=C1C(=O)C=CC(C)(C)C1CO. The van der Waals surface area contributed by atoms with Gasteiger partial charge in [0.05, 0.1) is 6.61 Å². The highest BCUT2D eigenvalue weighted by Gasteiger charge is 2.34. The molecular formula is C10H14O2. The first-order chi connectivity index (χ1) is 5.49. The summed E-state index contributed by atoms with van der Waals surface area (Å²) in [7, 11) is 0. The molecule has 0 aliphatic heterocycles. The van der Waals surface area contributed by atoms with E-state index in [4.69, 9.17) is 5.11 Å². The largest absolute Gasteiger partial charge is 0.396 e. The molecule has 0 radical (unpaired) electrons. The fraction of sp³-hybridized carbons (Fsp3) is 0.500. The van der Waals surface area contributed by atoms with E-state index in [0.29, 0.717) is 5.57 Å². The zero-order valence-corrected chi connectivity index (χ0v) is 7.50. The Kier molecular flexibility index (Phi) is 2.20. The fourth-order valence-corrected chi connectivity index (χ4v) is 1.48. The van der Waals surface area contributed by atoms with Crippen LogP contribution in [0.3, 0.4) is 0 Å². The number of allylic oxidation sites excluding steroid dienone is 2. The Morgan fingerprint density at radius 3 is 2.67 bits per heavy atom. The van der Waals surface area contributed by atoms with E-state index in [1.807, 2.05) is 19.9 Å². The van der Waals surface area contributed by atoms with Gasteiger partial charge in [-0.15, -0.1) is 0 Å². The molecule has 1 N–H and O–H groups in total. The molecule has 2 heteroatoms. The zero-order chi connectivity index (χ0) is 9.35. The lowest BCUT2D eigenvalue weighted by molar-refractivity contribution is -0.112. The molecule has 66 valence electrons. The van der Waals surface area contributed by atoms with Crippen molar-refractivity contribution in [1.82, 2.24) is 0 Å². The van der Waals surface area contributed by atoms with E-state index in [9.17, 15) is 4.79 Å². The standard InChI is InChI=1S/C10H14O2/c1-7-8(6-11)10(2,3)5-4-9(7)12/h4-5,8,11H,1,6H2,2-3H3. The number of rotatable bonds is 1. The maximum Gasteiger partial charge on any atom is 0.181 e. The fourth-order valence-electron chi connectivity index (χ4n) is 1.48. The number of aliphatic hydroxyl groups is 1. The van der Waals surface area contributed by atoms with Crippen molar-refractivity contribution >= 4 is 5.78 Å². The van der Waals surface area contributed by atoms with E-state index in [0.717, 1.165) is 0 Å². The lowest BCUT2D eigenvalue weighted by Crippen LogP contribution is -2.32. The van der Waals surface area contributed by atoms with Crippen molar-refractivity contribution in [3.05, 3.63) is 24.3 Å². The number of hydrogen-bond donors (Lipinski definition) is 1. The summed E-state index contributed by atoms with van der Waals surface area (Å²) >= 11 is 0. The Labute approximate surface area is 72.6 Å². The Bertz CT molecular complexity index is 249. The van der Waals surface area contributed by atoms with E-state index in [1.54, 1.807) is 0 Å². The number of hydrogen-bond acceptors (Lipinski definition) is 2. The molecule has 2 nitrogen and oxygen atoms in total. The maximum absolute atomic E-state index is 11.2. The molecule has 0 saturated carbocycles. The second-order valence-electron chi connectivity index (χ2n) is 3.78. The van der Waals surface area contributed by atoms with Gasteiger partial charge in [0, 0.05) is 5.92 Å². The highest BCUT2D eigenvalue weighted by atomic mass is 16.3. The van der Waals surface area contributed by atoms with E-state index in [2.05, 4.69) is 6.58 Å². The van der Waals surface area contributed by atoms with Gasteiger partial charge in [-0.2, -0.15) is 0 Å². The van der Waals surface area contributed by atoms with Crippen molar-refractivity contribution in [3.8, 4) is 0 Å². The lowest BCUT2D eigenvalue weighted by Gasteiger charge is -2.33. The lowest BCUT2D eigenvalue weighted by atomic mass is 9.71. The van der Waals surface area contributed by atoms with E-state index >= 15 is 0 Å². The van der Waals surface area contributed by atoms with Crippen LogP contribution >= 0.6 is 0 Å². The highest BCUT2D eigenvalue weighted by molar-refractivity contribution is 6.05. The van der Waals surface area contributed by atoms with Gasteiger partial charge >= 0.3 is 0 Å². The summed E-state index contributed by atoms with van der Waals surface area (Å²) in [4.78, 5) is 11.2. The highest BCUT2D eigenvalue weighted by Crippen LogP contribution is 2.36. The van der Waals surface area contributed by atoms with Crippen molar-refractivity contribution in [2.45, 2.75) is 13.8 Å². The van der Waals surface area contributed by atoms with Crippen LogP contribution in [-0.4, -0.2) is 17.5 Å². The minimum atomic E-state index is -0.153. The predicted molar refractivity (Wildman–Crippen MR) is 47.6 cm³/mol. The topological polar surface area (TPSA) is 37.3 Å². The predicted octanol–water partition coefficient (Wildman–Crippen LogP) is 1.32. The molecule has 0 heterocycles. The Morgan fingerprint density at radius 2 is 2.25 bits per heavy atom. The van der Waals surface area contributed by atoms with Crippen molar-refractivity contribution in [2.24, 2.45) is 11.3 Å². The zero-order valence-electron chi connectivity index (χ0n) is 7.50. The van der Waals surface area contributed by atoms with Crippen LogP contribution in [0.1, 0.15) is 13.8 Å². The quantitative estimate of drug-likeness (QED) is 0.596. The van der Waals surface area contributed by atoms with E-state index < -0.39 is 0 Å². The molecule has 1 unspecified atom stereocenters.